The summed E-state index contributed by atoms with van der Waals surface area (Å²) in [5.74, 6) is 0.481. The minimum Gasteiger partial charge on any atom is -0.487 e. The maximum Gasteiger partial charge on any atom is 0.251 e. The van der Waals surface area contributed by atoms with Gasteiger partial charge in [-0.05, 0) is 18.2 Å². The SMILES string of the molecule is O=C(NCc1csc(-c2ccccc2)n1)c1cccc(OCc2cscn2)c1. The summed E-state index contributed by atoms with van der Waals surface area (Å²) in [7, 11) is 0. The molecule has 0 saturated carbocycles. The van der Waals surface area contributed by atoms with E-state index in [2.05, 4.69) is 15.3 Å². The molecule has 4 rings (SSSR count). The van der Waals surface area contributed by atoms with Gasteiger partial charge in [0, 0.05) is 21.9 Å². The summed E-state index contributed by atoms with van der Waals surface area (Å²) >= 11 is 3.10. The zero-order valence-corrected chi connectivity index (χ0v) is 16.5. The predicted molar refractivity (Wildman–Crippen MR) is 112 cm³/mol. The molecule has 5 nitrogen and oxygen atoms in total. The lowest BCUT2D eigenvalue weighted by Crippen LogP contribution is -2.22. The number of thiazole rings is 2. The third-order valence-electron chi connectivity index (χ3n) is 3.97. The highest BCUT2D eigenvalue weighted by Crippen LogP contribution is 2.23. The van der Waals surface area contributed by atoms with E-state index in [0.29, 0.717) is 24.5 Å². The highest BCUT2D eigenvalue weighted by atomic mass is 32.1. The second kappa shape index (κ2) is 8.77. The van der Waals surface area contributed by atoms with Crippen molar-refractivity contribution < 1.29 is 9.53 Å². The molecule has 1 amide bonds. The Morgan fingerprint density at radius 2 is 1.93 bits per heavy atom. The summed E-state index contributed by atoms with van der Waals surface area (Å²) in [6, 6.07) is 17.1. The van der Waals surface area contributed by atoms with Crippen LogP contribution in [0.5, 0.6) is 5.75 Å². The summed E-state index contributed by atoms with van der Waals surface area (Å²) in [5, 5.41) is 7.77. The molecule has 7 heteroatoms. The van der Waals surface area contributed by atoms with Crippen molar-refractivity contribution in [2.75, 3.05) is 0 Å². The first-order valence-electron chi connectivity index (χ1n) is 8.66. The van der Waals surface area contributed by atoms with Gasteiger partial charge in [-0.15, -0.1) is 22.7 Å². The number of hydrogen-bond acceptors (Lipinski definition) is 6. The van der Waals surface area contributed by atoms with Gasteiger partial charge in [-0.2, -0.15) is 0 Å². The molecule has 4 aromatic rings. The van der Waals surface area contributed by atoms with E-state index in [1.807, 2.05) is 53.2 Å². The van der Waals surface area contributed by atoms with Crippen LogP contribution in [0.1, 0.15) is 21.7 Å². The molecule has 0 radical (unpaired) electrons. The molecule has 0 atom stereocenters. The molecule has 1 N–H and O–H groups in total. The first-order valence-corrected chi connectivity index (χ1v) is 10.5. The van der Waals surface area contributed by atoms with E-state index in [1.165, 1.54) is 11.3 Å². The first-order chi connectivity index (χ1) is 13.8. The van der Waals surface area contributed by atoms with Gasteiger partial charge in [0.15, 0.2) is 0 Å². The van der Waals surface area contributed by atoms with Gasteiger partial charge in [0.2, 0.25) is 0 Å². The van der Waals surface area contributed by atoms with Gasteiger partial charge < -0.3 is 10.1 Å². The second-order valence-electron chi connectivity index (χ2n) is 5.99. The maximum atomic E-state index is 12.5. The second-order valence-corrected chi connectivity index (χ2v) is 7.57. The molecule has 0 bridgehead atoms. The Bertz CT molecular complexity index is 1050. The Kier molecular flexibility index (Phi) is 5.75. The number of nitrogens with one attached hydrogen (secondary N) is 1. The fourth-order valence-corrected chi connectivity index (χ4v) is 3.94. The number of nitrogens with zero attached hydrogens (tertiary/aromatic N) is 2. The van der Waals surface area contributed by atoms with Crippen molar-refractivity contribution in [2.24, 2.45) is 0 Å². The molecule has 2 heterocycles. The van der Waals surface area contributed by atoms with Gasteiger partial charge in [-0.25, -0.2) is 9.97 Å². The van der Waals surface area contributed by atoms with Gasteiger partial charge in [0.1, 0.15) is 17.4 Å². The van der Waals surface area contributed by atoms with E-state index in [-0.39, 0.29) is 5.91 Å². The fourth-order valence-electron chi connectivity index (χ4n) is 2.57. The van der Waals surface area contributed by atoms with Crippen molar-refractivity contribution in [3.63, 3.8) is 0 Å². The molecule has 0 fully saturated rings. The van der Waals surface area contributed by atoms with Crippen LogP contribution in [0.4, 0.5) is 0 Å². The Morgan fingerprint density at radius 1 is 1.04 bits per heavy atom. The summed E-state index contributed by atoms with van der Waals surface area (Å²) < 4.78 is 5.71. The Labute approximate surface area is 170 Å². The van der Waals surface area contributed by atoms with Gasteiger partial charge in [-0.1, -0.05) is 36.4 Å². The number of amides is 1. The molecule has 0 saturated heterocycles. The molecular weight excluding hydrogens is 390 g/mol. The molecule has 0 unspecified atom stereocenters. The van der Waals surface area contributed by atoms with Crippen molar-refractivity contribution in [3.8, 4) is 16.3 Å². The quantitative estimate of drug-likeness (QED) is 0.479. The van der Waals surface area contributed by atoms with Crippen molar-refractivity contribution >= 4 is 28.6 Å². The topological polar surface area (TPSA) is 64.1 Å². The van der Waals surface area contributed by atoms with Crippen LogP contribution in [-0.2, 0) is 13.2 Å². The standard InChI is InChI=1S/C21H17N3O2S2/c25-20(16-7-4-8-19(9-16)26-11-18-12-27-14-23-18)22-10-17-13-28-21(24-17)15-5-2-1-3-6-15/h1-9,12-14H,10-11H2,(H,22,25). The van der Waals surface area contributed by atoms with Gasteiger partial charge in [0.05, 0.1) is 23.4 Å². The van der Waals surface area contributed by atoms with Crippen LogP contribution >= 0.6 is 22.7 Å². The molecule has 0 spiro atoms. The van der Waals surface area contributed by atoms with Crippen molar-refractivity contribution in [3.05, 3.63) is 87.8 Å². The zero-order valence-electron chi connectivity index (χ0n) is 14.9. The van der Waals surface area contributed by atoms with Crippen LogP contribution in [0.25, 0.3) is 10.6 Å². The maximum absolute atomic E-state index is 12.5. The Hall–Kier alpha value is -3.03. The average Bonchev–Trinajstić information content (AvgIpc) is 3.43. The number of carbonyl (C=O) groups is 1. The lowest BCUT2D eigenvalue weighted by Gasteiger charge is -2.07. The molecule has 0 aliphatic carbocycles. The van der Waals surface area contributed by atoms with E-state index < -0.39 is 0 Å². The minimum atomic E-state index is -0.159. The molecule has 140 valence electrons. The number of aromatic nitrogens is 2. The molecule has 28 heavy (non-hydrogen) atoms. The summed E-state index contributed by atoms with van der Waals surface area (Å²) in [5.41, 5.74) is 5.11. The van der Waals surface area contributed by atoms with Crippen LogP contribution < -0.4 is 10.1 Å². The summed E-state index contributed by atoms with van der Waals surface area (Å²) in [6.45, 7) is 0.766. The van der Waals surface area contributed by atoms with Gasteiger partial charge in [0.25, 0.3) is 5.91 Å². The van der Waals surface area contributed by atoms with Crippen LogP contribution in [0.2, 0.25) is 0 Å². The highest BCUT2D eigenvalue weighted by molar-refractivity contribution is 7.13. The monoisotopic (exact) mass is 407 g/mol. The number of ether oxygens (including phenoxy) is 1. The van der Waals surface area contributed by atoms with Crippen molar-refractivity contribution in [1.82, 2.24) is 15.3 Å². The lowest BCUT2D eigenvalue weighted by molar-refractivity contribution is 0.0950. The van der Waals surface area contributed by atoms with Gasteiger partial charge >= 0.3 is 0 Å². The smallest absolute Gasteiger partial charge is 0.251 e. The molecule has 2 aromatic heterocycles. The minimum absolute atomic E-state index is 0.159. The van der Waals surface area contributed by atoms with Gasteiger partial charge in [-0.3, -0.25) is 4.79 Å². The van der Waals surface area contributed by atoms with Crippen molar-refractivity contribution in [1.29, 1.82) is 0 Å². The summed E-state index contributed by atoms with van der Waals surface area (Å²) in [4.78, 5) is 21.3. The van der Waals surface area contributed by atoms with E-state index in [4.69, 9.17) is 4.74 Å². The molecular formula is C21H17N3O2S2. The Balaban J connectivity index is 1.35. The largest absolute Gasteiger partial charge is 0.487 e. The number of hydrogen-bond donors (Lipinski definition) is 1. The normalized spacial score (nSPS) is 10.6. The highest BCUT2D eigenvalue weighted by Gasteiger charge is 2.09. The van der Waals surface area contributed by atoms with E-state index >= 15 is 0 Å². The number of rotatable bonds is 7. The fraction of sp³-hybridized carbons (Fsp3) is 0.0952. The Morgan fingerprint density at radius 3 is 2.75 bits per heavy atom. The van der Waals surface area contributed by atoms with Crippen LogP contribution in [0, 0.1) is 0 Å². The molecule has 2 aromatic carbocycles. The van der Waals surface area contributed by atoms with E-state index in [9.17, 15) is 4.79 Å². The van der Waals surface area contributed by atoms with Crippen molar-refractivity contribution in [2.45, 2.75) is 13.2 Å². The molecule has 0 aliphatic rings. The number of benzene rings is 2. The lowest BCUT2D eigenvalue weighted by atomic mass is 10.2. The zero-order chi connectivity index (χ0) is 19.2. The number of carbonyl (C=O) groups excluding carboxylic acids is 1. The van der Waals surface area contributed by atoms with E-state index in [0.717, 1.165) is 22.0 Å². The van der Waals surface area contributed by atoms with E-state index in [1.54, 1.807) is 29.0 Å². The summed E-state index contributed by atoms with van der Waals surface area (Å²) in [6.07, 6.45) is 0. The first kappa shape index (κ1) is 18.3. The van der Waals surface area contributed by atoms with Crippen LogP contribution in [0.15, 0.2) is 70.9 Å². The predicted octanol–water partition coefficient (Wildman–Crippen LogP) is 4.78. The average molecular weight is 408 g/mol. The van der Waals surface area contributed by atoms with Crippen LogP contribution in [0.3, 0.4) is 0 Å². The molecule has 0 aliphatic heterocycles. The third kappa shape index (κ3) is 4.62. The van der Waals surface area contributed by atoms with Crippen LogP contribution in [-0.4, -0.2) is 15.9 Å². The third-order valence-corrected chi connectivity index (χ3v) is 5.54.